The highest BCUT2D eigenvalue weighted by Gasteiger charge is 2.17. The minimum atomic E-state index is 0.0188. The van der Waals surface area contributed by atoms with Gasteiger partial charge in [0.1, 0.15) is 12.7 Å². The molecule has 1 unspecified atom stereocenters. The van der Waals surface area contributed by atoms with Crippen LogP contribution < -0.4 is 10.1 Å². The molecule has 1 saturated heterocycles. The molecule has 6 heteroatoms. The van der Waals surface area contributed by atoms with Crippen LogP contribution in [0.3, 0.4) is 0 Å². The highest BCUT2D eigenvalue weighted by atomic mass is 16.5. The van der Waals surface area contributed by atoms with E-state index in [0.717, 1.165) is 29.9 Å². The molecule has 1 aliphatic heterocycles. The fourth-order valence-corrected chi connectivity index (χ4v) is 2.81. The van der Waals surface area contributed by atoms with Gasteiger partial charge < -0.3 is 14.8 Å². The number of benzene rings is 1. The fraction of sp³-hybridized carbons (Fsp3) is 0.316. The molecule has 0 saturated carbocycles. The molecule has 0 radical (unpaired) electrons. The average Bonchev–Trinajstić information content (AvgIpc) is 2.67. The first-order valence-electron chi connectivity index (χ1n) is 8.43. The summed E-state index contributed by atoms with van der Waals surface area (Å²) < 4.78 is 11.7. The van der Waals surface area contributed by atoms with Gasteiger partial charge in [-0.2, -0.15) is 0 Å². The Morgan fingerprint density at radius 3 is 2.84 bits per heavy atom. The van der Waals surface area contributed by atoms with Gasteiger partial charge in [-0.1, -0.05) is 29.8 Å². The van der Waals surface area contributed by atoms with E-state index in [2.05, 4.69) is 51.5 Å². The molecular formula is C19H20N4O2. The van der Waals surface area contributed by atoms with Crippen molar-refractivity contribution < 1.29 is 9.47 Å². The second-order valence-electron chi connectivity index (χ2n) is 6.11. The van der Waals surface area contributed by atoms with Crippen LogP contribution in [0, 0.1) is 6.92 Å². The van der Waals surface area contributed by atoms with Crippen LogP contribution in [-0.2, 0) is 4.74 Å². The predicted molar refractivity (Wildman–Crippen MR) is 95.6 cm³/mol. The predicted octanol–water partition coefficient (Wildman–Crippen LogP) is 2.37. The van der Waals surface area contributed by atoms with Crippen LogP contribution in [0.25, 0.3) is 22.3 Å². The lowest BCUT2D eigenvalue weighted by atomic mass is 10.1. The van der Waals surface area contributed by atoms with E-state index in [0.29, 0.717) is 24.6 Å². The van der Waals surface area contributed by atoms with Crippen molar-refractivity contribution in [2.24, 2.45) is 0 Å². The maximum Gasteiger partial charge on any atom is 0.242 e. The molecule has 25 heavy (non-hydrogen) atoms. The van der Waals surface area contributed by atoms with Crippen molar-refractivity contribution in [2.45, 2.75) is 13.0 Å². The molecule has 0 amide bonds. The second-order valence-corrected chi connectivity index (χ2v) is 6.11. The van der Waals surface area contributed by atoms with Crippen molar-refractivity contribution in [3.63, 3.8) is 0 Å². The third kappa shape index (κ3) is 3.60. The zero-order valence-electron chi connectivity index (χ0n) is 14.1. The van der Waals surface area contributed by atoms with E-state index in [1.165, 1.54) is 5.56 Å². The number of pyridine rings is 1. The van der Waals surface area contributed by atoms with Crippen LogP contribution in [-0.4, -0.2) is 47.4 Å². The molecule has 0 aliphatic carbocycles. The van der Waals surface area contributed by atoms with Crippen LogP contribution in [0.15, 0.2) is 42.7 Å². The molecule has 1 fully saturated rings. The van der Waals surface area contributed by atoms with Crippen molar-refractivity contribution in [1.82, 2.24) is 20.3 Å². The van der Waals surface area contributed by atoms with Crippen molar-refractivity contribution >= 4 is 11.0 Å². The third-order valence-corrected chi connectivity index (χ3v) is 4.18. The first-order chi connectivity index (χ1) is 12.3. The lowest BCUT2D eigenvalue weighted by molar-refractivity contribution is -0.000407. The summed E-state index contributed by atoms with van der Waals surface area (Å²) in [5.74, 6) is 0.496. The van der Waals surface area contributed by atoms with Gasteiger partial charge in [-0.3, -0.25) is 4.98 Å². The van der Waals surface area contributed by atoms with E-state index in [9.17, 15) is 0 Å². The summed E-state index contributed by atoms with van der Waals surface area (Å²) in [6.07, 6.45) is 3.35. The summed E-state index contributed by atoms with van der Waals surface area (Å²) in [7, 11) is 0. The molecule has 3 heterocycles. The molecule has 3 aromatic rings. The Kier molecular flexibility index (Phi) is 4.54. The molecule has 1 N–H and O–H groups in total. The maximum atomic E-state index is 5.97. The molecule has 2 aromatic heterocycles. The Morgan fingerprint density at radius 1 is 1.20 bits per heavy atom. The number of hydrogen-bond acceptors (Lipinski definition) is 6. The Morgan fingerprint density at radius 2 is 2.04 bits per heavy atom. The van der Waals surface area contributed by atoms with Gasteiger partial charge in [0.25, 0.3) is 0 Å². The zero-order chi connectivity index (χ0) is 17.1. The fourth-order valence-electron chi connectivity index (χ4n) is 2.81. The molecule has 0 bridgehead atoms. The number of nitrogens with zero attached hydrogens (tertiary/aromatic N) is 3. The molecule has 1 atom stereocenters. The quantitative estimate of drug-likeness (QED) is 0.789. The molecular weight excluding hydrogens is 316 g/mol. The van der Waals surface area contributed by atoms with Crippen LogP contribution in [0.4, 0.5) is 0 Å². The summed E-state index contributed by atoms with van der Waals surface area (Å²) in [6.45, 7) is 4.86. The highest BCUT2D eigenvalue weighted by Crippen LogP contribution is 2.27. The van der Waals surface area contributed by atoms with Crippen LogP contribution in [0.1, 0.15) is 5.56 Å². The Balaban J connectivity index is 1.67. The Labute approximate surface area is 146 Å². The monoisotopic (exact) mass is 336 g/mol. The van der Waals surface area contributed by atoms with Gasteiger partial charge in [0, 0.05) is 31.0 Å². The van der Waals surface area contributed by atoms with Crippen molar-refractivity contribution in [3.05, 3.63) is 48.3 Å². The first kappa shape index (κ1) is 15.9. The van der Waals surface area contributed by atoms with Crippen molar-refractivity contribution in [1.29, 1.82) is 0 Å². The van der Waals surface area contributed by atoms with Gasteiger partial charge in [-0.15, -0.1) is 0 Å². The van der Waals surface area contributed by atoms with E-state index in [4.69, 9.17) is 9.47 Å². The number of aryl methyl sites for hydroxylation is 1. The first-order valence-corrected chi connectivity index (χ1v) is 8.43. The summed E-state index contributed by atoms with van der Waals surface area (Å²) in [6, 6.07) is 10.2. The van der Waals surface area contributed by atoms with Gasteiger partial charge in [-0.25, -0.2) is 9.97 Å². The highest BCUT2D eigenvalue weighted by molar-refractivity contribution is 5.83. The molecule has 0 spiro atoms. The van der Waals surface area contributed by atoms with Gasteiger partial charge in [-0.05, 0) is 13.0 Å². The third-order valence-electron chi connectivity index (χ3n) is 4.18. The van der Waals surface area contributed by atoms with Crippen LogP contribution >= 0.6 is 0 Å². The van der Waals surface area contributed by atoms with Gasteiger partial charge >= 0.3 is 0 Å². The number of morpholine rings is 1. The van der Waals surface area contributed by atoms with Gasteiger partial charge in [0.2, 0.25) is 5.88 Å². The number of aromatic nitrogens is 3. The average molecular weight is 336 g/mol. The molecule has 6 nitrogen and oxygen atoms in total. The number of hydrogen-bond donors (Lipinski definition) is 1. The van der Waals surface area contributed by atoms with Crippen molar-refractivity contribution in [3.8, 4) is 17.1 Å². The molecule has 128 valence electrons. The summed E-state index contributed by atoms with van der Waals surface area (Å²) in [4.78, 5) is 13.5. The number of rotatable bonds is 4. The largest absolute Gasteiger partial charge is 0.473 e. The Bertz CT molecular complexity index is 861. The smallest absolute Gasteiger partial charge is 0.242 e. The van der Waals surface area contributed by atoms with E-state index in [1.54, 1.807) is 12.4 Å². The van der Waals surface area contributed by atoms with E-state index < -0.39 is 0 Å². The van der Waals surface area contributed by atoms with Gasteiger partial charge in [0.05, 0.1) is 17.8 Å². The minimum Gasteiger partial charge on any atom is -0.473 e. The van der Waals surface area contributed by atoms with Gasteiger partial charge in [0.15, 0.2) is 5.52 Å². The van der Waals surface area contributed by atoms with E-state index in [1.807, 2.05) is 6.07 Å². The SMILES string of the molecule is Cc1ccc(-c2cc3nccnc3c(OCC3CNCCO3)n2)cc1. The topological polar surface area (TPSA) is 69.2 Å². The lowest BCUT2D eigenvalue weighted by Crippen LogP contribution is -2.41. The van der Waals surface area contributed by atoms with Crippen molar-refractivity contribution in [2.75, 3.05) is 26.3 Å². The lowest BCUT2D eigenvalue weighted by Gasteiger charge is -2.23. The summed E-state index contributed by atoms with van der Waals surface area (Å²) in [5, 5.41) is 3.30. The number of fused-ring (bicyclic) bond motifs is 1. The number of nitrogens with one attached hydrogen (secondary N) is 1. The normalized spacial score (nSPS) is 17.6. The molecule has 4 rings (SSSR count). The minimum absolute atomic E-state index is 0.0188. The molecule has 1 aromatic carbocycles. The zero-order valence-corrected chi connectivity index (χ0v) is 14.1. The number of ether oxygens (including phenoxy) is 2. The Hall–Kier alpha value is -2.57. The van der Waals surface area contributed by atoms with Crippen LogP contribution in [0.5, 0.6) is 5.88 Å². The summed E-state index contributed by atoms with van der Waals surface area (Å²) in [5.41, 5.74) is 4.50. The van der Waals surface area contributed by atoms with E-state index >= 15 is 0 Å². The summed E-state index contributed by atoms with van der Waals surface area (Å²) >= 11 is 0. The van der Waals surface area contributed by atoms with E-state index in [-0.39, 0.29) is 6.10 Å². The van der Waals surface area contributed by atoms with Crippen LogP contribution in [0.2, 0.25) is 0 Å². The maximum absolute atomic E-state index is 5.97. The second kappa shape index (κ2) is 7.13. The standard InChI is InChI=1S/C19H20N4O2/c1-13-2-4-14(5-3-13)16-10-17-18(22-7-6-21-17)19(23-16)25-12-15-11-20-8-9-24-15/h2-7,10,15,20H,8-9,11-12H2,1H3. The molecule has 1 aliphatic rings.